The van der Waals surface area contributed by atoms with Gasteiger partial charge in [-0.15, -0.1) is 0 Å². The SMILES string of the molecule is CCCC(CCO)CNC(=O)C(N)C(C)(C)C. The highest BCUT2D eigenvalue weighted by Gasteiger charge is 2.27. The molecule has 0 saturated heterocycles. The Balaban J connectivity index is 4.11. The van der Waals surface area contributed by atoms with E-state index in [1.54, 1.807) is 0 Å². The van der Waals surface area contributed by atoms with E-state index >= 15 is 0 Å². The van der Waals surface area contributed by atoms with E-state index in [9.17, 15) is 4.79 Å². The summed E-state index contributed by atoms with van der Waals surface area (Å²) < 4.78 is 0. The van der Waals surface area contributed by atoms with E-state index in [0.29, 0.717) is 12.5 Å². The lowest BCUT2D eigenvalue weighted by Crippen LogP contribution is -2.49. The summed E-state index contributed by atoms with van der Waals surface area (Å²) in [4.78, 5) is 11.8. The molecule has 0 aliphatic rings. The fourth-order valence-corrected chi connectivity index (χ4v) is 1.69. The molecule has 0 aliphatic heterocycles. The summed E-state index contributed by atoms with van der Waals surface area (Å²) in [6, 6.07) is -0.487. The molecule has 0 aliphatic carbocycles. The molecule has 0 saturated carbocycles. The Hall–Kier alpha value is -0.610. The van der Waals surface area contributed by atoms with Crippen molar-refractivity contribution < 1.29 is 9.90 Å². The third-order valence-electron chi connectivity index (χ3n) is 3.01. The number of nitrogens with two attached hydrogens (primary N) is 1. The van der Waals surface area contributed by atoms with Gasteiger partial charge < -0.3 is 16.2 Å². The summed E-state index contributed by atoms with van der Waals surface area (Å²) in [5.41, 5.74) is 5.65. The Morgan fingerprint density at radius 2 is 1.94 bits per heavy atom. The summed E-state index contributed by atoms with van der Waals surface area (Å²) >= 11 is 0. The molecule has 0 aromatic rings. The summed E-state index contributed by atoms with van der Waals surface area (Å²) in [5, 5.41) is 11.8. The van der Waals surface area contributed by atoms with Crippen LogP contribution in [-0.2, 0) is 4.79 Å². The van der Waals surface area contributed by atoms with Crippen LogP contribution in [0.25, 0.3) is 0 Å². The van der Waals surface area contributed by atoms with E-state index in [4.69, 9.17) is 10.8 Å². The molecule has 0 rings (SSSR count). The Kier molecular flexibility index (Phi) is 7.39. The smallest absolute Gasteiger partial charge is 0.237 e. The minimum absolute atomic E-state index is 0.100. The van der Waals surface area contributed by atoms with Crippen LogP contribution in [-0.4, -0.2) is 30.2 Å². The van der Waals surface area contributed by atoms with Crippen LogP contribution in [0.1, 0.15) is 47.0 Å². The highest BCUT2D eigenvalue weighted by atomic mass is 16.3. The molecule has 17 heavy (non-hydrogen) atoms. The van der Waals surface area contributed by atoms with Gasteiger partial charge in [-0.3, -0.25) is 4.79 Å². The van der Waals surface area contributed by atoms with E-state index in [-0.39, 0.29) is 17.9 Å². The van der Waals surface area contributed by atoms with E-state index < -0.39 is 6.04 Å². The number of hydrogen-bond donors (Lipinski definition) is 3. The molecule has 2 atom stereocenters. The van der Waals surface area contributed by atoms with Gasteiger partial charge in [-0.1, -0.05) is 34.1 Å². The molecule has 1 amide bonds. The lowest BCUT2D eigenvalue weighted by Gasteiger charge is -2.26. The van der Waals surface area contributed by atoms with Gasteiger partial charge in [-0.2, -0.15) is 0 Å². The quantitative estimate of drug-likeness (QED) is 0.631. The topological polar surface area (TPSA) is 75.3 Å². The van der Waals surface area contributed by atoms with Crippen molar-refractivity contribution in [3.63, 3.8) is 0 Å². The fourth-order valence-electron chi connectivity index (χ4n) is 1.69. The average Bonchev–Trinajstić information content (AvgIpc) is 2.23. The Labute approximate surface area is 105 Å². The molecule has 0 heterocycles. The van der Waals surface area contributed by atoms with Gasteiger partial charge >= 0.3 is 0 Å². The van der Waals surface area contributed by atoms with Crippen LogP contribution in [0.2, 0.25) is 0 Å². The maximum Gasteiger partial charge on any atom is 0.237 e. The zero-order chi connectivity index (χ0) is 13.5. The lowest BCUT2D eigenvalue weighted by molar-refractivity contribution is -0.124. The van der Waals surface area contributed by atoms with E-state index in [2.05, 4.69) is 12.2 Å². The minimum Gasteiger partial charge on any atom is -0.396 e. The number of aliphatic hydroxyl groups excluding tert-OH is 1. The molecule has 4 nitrogen and oxygen atoms in total. The average molecular weight is 244 g/mol. The number of carbonyl (C=O) groups excluding carboxylic acids is 1. The second kappa shape index (κ2) is 7.67. The molecule has 0 aromatic carbocycles. The standard InChI is InChI=1S/C13H28N2O2/c1-5-6-10(7-8-16)9-15-12(17)11(14)13(2,3)4/h10-11,16H,5-9,14H2,1-4H3,(H,15,17). The number of rotatable bonds is 7. The van der Waals surface area contributed by atoms with Gasteiger partial charge in [0.05, 0.1) is 6.04 Å². The second-order valence-electron chi connectivity index (χ2n) is 5.76. The van der Waals surface area contributed by atoms with Gasteiger partial charge in [0.2, 0.25) is 5.91 Å². The van der Waals surface area contributed by atoms with Crippen molar-refractivity contribution in [1.29, 1.82) is 0 Å². The van der Waals surface area contributed by atoms with E-state index in [1.807, 2.05) is 20.8 Å². The van der Waals surface area contributed by atoms with Crippen molar-refractivity contribution >= 4 is 5.91 Å². The Bertz CT molecular complexity index is 218. The van der Waals surface area contributed by atoms with Crippen LogP contribution >= 0.6 is 0 Å². The highest BCUT2D eigenvalue weighted by Crippen LogP contribution is 2.17. The predicted octanol–water partition coefficient (Wildman–Crippen LogP) is 1.27. The Morgan fingerprint density at radius 3 is 2.35 bits per heavy atom. The predicted molar refractivity (Wildman–Crippen MR) is 70.5 cm³/mol. The van der Waals surface area contributed by atoms with E-state index in [0.717, 1.165) is 19.3 Å². The van der Waals surface area contributed by atoms with Crippen molar-refractivity contribution in [2.24, 2.45) is 17.1 Å². The molecule has 0 spiro atoms. The lowest BCUT2D eigenvalue weighted by atomic mass is 9.87. The normalized spacial score (nSPS) is 15.4. The van der Waals surface area contributed by atoms with Gasteiger partial charge in [-0.05, 0) is 24.2 Å². The van der Waals surface area contributed by atoms with Crippen LogP contribution in [0.4, 0.5) is 0 Å². The highest BCUT2D eigenvalue weighted by molar-refractivity contribution is 5.82. The van der Waals surface area contributed by atoms with Crippen LogP contribution < -0.4 is 11.1 Å². The van der Waals surface area contributed by atoms with Gasteiger partial charge in [0.15, 0.2) is 0 Å². The largest absolute Gasteiger partial charge is 0.396 e. The fraction of sp³-hybridized carbons (Fsp3) is 0.923. The zero-order valence-electron chi connectivity index (χ0n) is 11.6. The van der Waals surface area contributed by atoms with Crippen molar-refractivity contribution in [3.05, 3.63) is 0 Å². The van der Waals surface area contributed by atoms with Crippen molar-refractivity contribution in [2.75, 3.05) is 13.2 Å². The summed E-state index contributed by atoms with van der Waals surface area (Å²) in [6.07, 6.45) is 2.82. The third kappa shape index (κ3) is 6.64. The maximum atomic E-state index is 11.8. The molecule has 4 N–H and O–H groups in total. The van der Waals surface area contributed by atoms with Crippen LogP contribution in [0.3, 0.4) is 0 Å². The first-order valence-electron chi connectivity index (χ1n) is 6.47. The van der Waals surface area contributed by atoms with E-state index in [1.165, 1.54) is 0 Å². The third-order valence-corrected chi connectivity index (χ3v) is 3.01. The number of amides is 1. The van der Waals surface area contributed by atoms with Crippen molar-refractivity contribution in [1.82, 2.24) is 5.32 Å². The molecule has 0 bridgehead atoms. The molecule has 2 unspecified atom stereocenters. The molecule has 4 heteroatoms. The first kappa shape index (κ1) is 16.4. The van der Waals surface area contributed by atoms with Crippen LogP contribution in [0.5, 0.6) is 0 Å². The number of aliphatic hydroxyl groups is 1. The van der Waals surface area contributed by atoms with Gasteiger partial charge in [0.25, 0.3) is 0 Å². The zero-order valence-corrected chi connectivity index (χ0v) is 11.6. The number of nitrogens with one attached hydrogen (secondary N) is 1. The van der Waals surface area contributed by atoms with Crippen LogP contribution in [0, 0.1) is 11.3 Å². The molecular formula is C13H28N2O2. The first-order valence-corrected chi connectivity index (χ1v) is 6.47. The molecule has 102 valence electrons. The monoisotopic (exact) mass is 244 g/mol. The minimum atomic E-state index is -0.487. The molecular weight excluding hydrogens is 216 g/mol. The van der Waals surface area contributed by atoms with Gasteiger partial charge in [-0.25, -0.2) is 0 Å². The summed E-state index contributed by atoms with van der Waals surface area (Å²) in [6.45, 7) is 8.74. The molecule has 0 radical (unpaired) electrons. The van der Waals surface area contributed by atoms with Crippen molar-refractivity contribution in [2.45, 2.75) is 53.0 Å². The number of carbonyl (C=O) groups is 1. The summed E-state index contributed by atoms with van der Waals surface area (Å²) in [7, 11) is 0. The molecule has 0 fully saturated rings. The summed E-state index contributed by atoms with van der Waals surface area (Å²) in [5.74, 6) is 0.248. The van der Waals surface area contributed by atoms with Gasteiger partial charge in [0, 0.05) is 13.2 Å². The first-order chi connectivity index (χ1) is 7.82. The van der Waals surface area contributed by atoms with Crippen LogP contribution in [0.15, 0.2) is 0 Å². The maximum absolute atomic E-state index is 11.8. The second-order valence-corrected chi connectivity index (χ2v) is 5.76. The van der Waals surface area contributed by atoms with Gasteiger partial charge in [0.1, 0.15) is 0 Å². The molecule has 0 aromatic heterocycles. The van der Waals surface area contributed by atoms with Crippen molar-refractivity contribution in [3.8, 4) is 0 Å². The Morgan fingerprint density at radius 1 is 1.35 bits per heavy atom. The number of hydrogen-bond acceptors (Lipinski definition) is 3.